The van der Waals surface area contributed by atoms with E-state index in [0.717, 1.165) is 31.4 Å². The van der Waals surface area contributed by atoms with Crippen molar-refractivity contribution in [3.05, 3.63) is 29.8 Å². The van der Waals surface area contributed by atoms with Gasteiger partial charge in [0.05, 0.1) is 6.61 Å². The van der Waals surface area contributed by atoms with Crippen molar-refractivity contribution in [3.63, 3.8) is 0 Å². The molecule has 5 nitrogen and oxygen atoms in total. The average Bonchev–Trinajstić information content (AvgIpc) is 2.38. The van der Waals surface area contributed by atoms with Gasteiger partial charge in [0, 0.05) is 6.61 Å². The molecule has 1 aliphatic heterocycles. The molecule has 2 N–H and O–H groups in total. The van der Waals surface area contributed by atoms with Gasteiger partial charge in [-0.3, -0.25) is 0 Å². The Bertz CT molecular complexity index is 348. The van der Waals surface area contributed by atoms with E-state index in [4.69, 9.17) is 24.2 Å². The van der Waals surface area contributed by atoms with Crippen molar-refractivity contribution in [1.29, 1.82) is 0 Å². The Hall–Kier alpha value is -1.08. The van der Waals surface area contributed by atoms with Gasteiger partial charge < -0.3 is 24.2 Å². The van der Waals surface area contributed by atoms with Crippen molar-refractivity contribution in [2.24, 2.45) is 0 Å². The summed E-state index contributed by atoms with van der Waals surface area (Å²) in [6.07, 6.45) is 3.09. The molecular weight excluding hydrogens is 235 g/mol. The largest absolute Gasteiger partial charge is 0.707 e. The van der Waals surface area contributed by atoms with Crippen molar-refractivity contribution in [2.45, 2.75) is 32.2 Å². The van der Waals surface area contributed by atoms with Gasteiger partial charge in [-0.05, 0) is 37.0 Å². The standard InChI is InChI=1S/C12H17BO5/c14-13(15)18-11-6-4-10(5-7-11)9-17-12-3-1-2-8-16-12/h4-7,12,14-15H,1-3,8-9H2. The van der Waals surface area contributed by atoms with E-state index in [1.165, 1.54) is 0 Å². The van der Waals surface area contributed by atoms with Gasteiger partial charge in [0.1, 0.15) is 5.75 Å². The first-order valence-corrected chi connectivity index (χ1v) is 6.09. The molecule has 1 aromatic carbocycles. The number of benzene rings is 1. The molecule has 98 valence electrons. The molecule has 1 aromatic rings. The lowest BCUT2D eigenvalue weighted by atomic mass is 10.2. The van der Waals surface area contributed by atoms with Crippen LogP contribution >= 0.6 is 0 Å². The summed E-state index contributed by atoms with van der Waals surface area (Å²) < 4.78 is 15.8. The molecule has 0 bridgehead atoms. The SMILES string of the molecule is OB(O)Oc1ccc(COC2CCCCO2)cc1. The highest BCUT2D eigenvalue weighted by Crippen LogP contribution is 2.17. The maximum Gasteiger partial charge on any atom is 0.707 e. The fraction of sp³-hybridized carbons (Fsp3) is 0.500. The second kappa shape index (κ2) is 6.75. The molecule has 1 atom stereocenters. The van der Waals surface area contributed by atoms with Crippen molar-refractivity contribution >= 4 is 7.32 Å². The third-order valence-electron chi connectivity index (χ3n) is 2.74. The average molecular weight is 252 g/mol. The highest BCUT2D eigenvalue weighted by atomic mass is 16.7. The Labute approximate surface area is 106 Å². The molecule has 1 fully saturated rings. The Morgan fingerprint density at radius 3 is 2.61 bits per heavy atom. The molecule has 0 radical (unpaired) electrons. The van der Waals surface area contributed by atoms with Crippen molar-refractivity contribution < 1.29 is 24.2 Å². The van der Waals surface area contributed by atoms with Gasteiger partial charge in [0.2, 0.25) is 0 Å². The van der Waals surface area contributed by atoms with Crippen LogP contribution in [0.1, 0.15) is 24.8 Å². The van der Waals surface area contributed by atoms with Gasteiger partial charge in [-0.25, -0.2) is 0 Å². The molecule has 0 aromatic heterocycles. The van der Waals surface area contributed by atoms with Crippen LogP contribution in [0.4, 0.5) is 0 Å². The first-order valence-electron chi connectivity index (χ1n) is 6.09. The molecule has 1 heterocycles. The van der Waals surface area contributed by atoms with Crippen LogP contribution in [0.5, 0.6) is 5.75 Å². The molecule has 0 aliphatic carbocycles. The Kier molecular flexibility index (Phi) is 5.01. The van der Waals surface area contributed by atoms with E-state index >= 15 is 0 Å². The molecule has 0 amide bonds. The molecule has 1 unspecified atom stereocenters. The third kappa shape index (κ3) is 4.31. The molecular formula is C12H17BO5. The minimum absolute atomic E-state index is 0.103. The van der Waals surface area contributed by atoms with E-state index in [9.17, 15) is 0 Å². The normalized spacial score (nSPS) is 19.6. The maximum absolute atomic E-state index is 8.64. The van der Waals surface area contributed by atoms with E-state index < -0.39 is 7.32 Å². The summed E-state index contributed by atoms with van der Waals surface area (Å²) in [4.78, 5) is 0. The van der Waals surface area contributed by atoms with Crippen LogP contribution in [0, 0.1) is 0 Å². The number of hydrogen-bond acceptors (Lipinski definition) is 5. The van der Waals surface area contributed by atoms with Crippen LogP contribution in [0.15, 0.2) is 24.3 Å². The summed E-state index contributed by atoms with van der Waals surface area (Å²) in [5.41, 5.74) is 0.990. The smallest absolute Gasteiger partial charge is 0.512 e. The number of rotatable bonds is 5. The van der Waals surface area contributed by atoms with Crippen molar-refractivity contribution in [1.82, 2.24) is 0 Å². The van der Waals surface area contributed by atoms with Gasteiger partial charge in [-0.15, -0.1) is 0 Å². The molecule has 1 saturated heterocycles. The first-order chi connectivity index (χ1) is 8.74. The van der Waals surface area contributed by atoms with Crippen LogP contribution in [-0.2, 0) is 16.1 Å². The second-order valence-electron chi connectivity index (χ2n) is 4.20. The lowest BCUT2D eigenvalue weighted by molar-refractivity contribution is -0.168. The van der Waals surface area contributed by atoms with Crippen molar-refractivity contribution in [2.75, 3.05) is 6.61 Å². The number of ether oxygens (including phenoxy) is 2. The van der Waals surface area contributed by atoms with Crippen LogP contribution in [0.25, 0.3) is 0 Å². The lowest BCUT2D eigenvalue weighted by Gasteiger charge is -2.22. The predicted molar refractivity (Wildman–Crippen MR) is 65.6 cm³/mol. The van der Waals surface area contributed by atoms with Gasteiger partial charge in [-0.1, -0.05) is 12.1 Å². The minimum atomic E-state index is -1.79. The summed E-state index contributed by atoms with van der Waals surface area (Å²) in [7, 11) is -1.79. The minimum Gasteiger partial charge on any atom is -0.512 e. The lowest BCUT2D eigenvalue weighted by Crippen LogP contribution is -2.22. The van der Waals surface area contributed by atoms with Gasteiger partial charge in [0.15, 0.2) is 6.29 Å². The summed E-state index contributed by atoms with van der Waals surface area (Å²) in [6, 6.07) is 6.97. The van der Waals surface area contributed by atoms with Crippen LogP contribution < -0.4 is 4.65 Å². The summed E-state index contributed by atoms with van der Waals surface area (Å²) in [6.45, 7) is 1.25. The molecule has 2 rings (SSSR count). The van der Waals surface area contributed by atoms with Gasteiger partial charge in [0.25, 0.3) is 0 Å². The molecule has 1 aliphatic rings. The van der Waals surface area contributed by atoms with Crippen LogP contribution in [0.3, 0.4) is 0 Å². The third-order valence-corrected chi connectivity index (χ3v) is 2.74. The Balaban J connectivity index is 1.78. The second-order valence-corrected chi connectivity index (χ2v) is 4.20. The zero-order valence-electron chi connectivity index (χ0n) is 10.1. The maximum atomic E-state index is 8.64. The summed E-state index contributed by atoms with van der Waals surface area (Å²) in [5, 5.41) is 17.3. The van der Waals surface area contributed by atoms with E-state index in [2.05, 4.69) is 0 Å². The highest BCUT2D eigenvalue weighted by Gasteiger charge is 2.14. The monoisotopic (exact) mass is 252 g/mol. The summed E-state index contributed by atoms with van der Waals surface area (Å²) >= 11 is 0. The van der Waals surface area contributed by atoms with E-state index in [1.807, 2.05) is 12.1 Å². The van der Waals surface area contributed by atoms with Gasteiger partial charge >= 0.3 is 7.32 Å². The summed E-state index contributed by atoms with van der Waals surface area (Å²) in [5.74, 6) is 0.405. The van der Waals surface area contributed by atoms with Crippen LogP contribution in [0.2, 0.25) is 0 Å². The molecule has 0 spiro atoms. The molecule has 18 heavy (non-hydrogen) atoms. The molecule has 0 saturated carbocycles. The fourth-order valence-corrected chi connectivity index (χ4v) is 1.82. The predicted octanol–water partition coefficient (Wildman–Crippen LogP) is 1.08. The van der Waals surface area contributed by atoms with Gasteiger partial charge in [-0.2, -0.15) is 0 Å². The zero-order chi connectivity index (χ0) is 12.8. The Morgan fingerprint density at radius 2 is 2.00 bits per heavy atom. The number of hydrogen-bond donors (Lipinski definition) is 2. The fourth-order valence-electron chi connectivity index (χ4n) is 1.82. The van der Waals surface area contributed by atoms with Crippen LogP contribution in [-0.4, -0.2) is 30.3 Å². The van der Waals surface area contributed by atoms with E-state index in [0.29, 0.717) is 12.4 Å². The molecule has 6 heteroatoms. The quantitative estimate of drug-likeness (QED) is 0.767. The van der Waals surface area contributed by atoms with E-state index in [1.54, 1.807) is 12.1 Å². The Morgan fingerprint density at radius 1 is 1.22 bits per heavy atom. The zero-order valence-corrected chi connectivity index (χ0v) is 10.1. The van der Waals surface area contributed by atoms with E-state index in [-0.39, 0.29) is 6.29 Å². The highest BCUT2D eigenvalue weighted by molar-refractivity contribution is 6.33. The first kappa shape index (κ1) is 13.4. The topological polar surface area (TPSA) is 68.2 Å². The van der Waals surface area contributed by atoms with Crippen molar-refractivity contribution in [3.8, 4) is 5.75 Å².